The van der Waals surface area contributed by atoms with Crippen LogP contribution in [0.15, 0.2) is 48.5 Å². The molecule has 0 bridgehead atoms. The Bertz CT molecular complexity index is 593. The molecule has 23 heavy (non-hydrogen) atoms. The highest BCUT2D eigenvalue weighted by Gasteiger charge is 2.22. The third-order valence-corrected chi connectivity index (χ3v) is 4.53. The maximum atomic E-state index is 5.93. The molecule has 2 aromatic carbocycles. The van der Waals surface area contributed by atoms with Gasteiger partial charge >= 0.3 is 0 Å². The minimum atomic E-state index is 0.0683. The summed E-state index contributed by atoms with van der Waals surface area (Å²) >= 11 is 0. The van der Waals surface area contributed by atoms with Gasteiger partial charge in [-0.25, -0.2) is 0 Å². The Kier molecular flexibility index (Phi) is 5.47. The van der Waals surface area contributed by atoms with Crippen molar-refractivity contribution in [3.63, 3.8) is 0 Å². The second-order valence-corrected chi connectivity index (χ2v) is 6.25. The first-order valence-corrected chi connectivity index (χ1v) is 8.72. The zero-order valence-corrected chi connectivity index (χ0v) is 14.1. The Balaban J connectivity index is 1.67. The fourth-order valence-electron chi connectivity index (χ4n) is 3.01. The van der Waals surface area contributed by atoms with Gasteiger partial charge in [0.05, 0.1) is 19.3 Å². The van der Waals surface area contributed by atoms with Crippen molar-refractivity contribution in [3.8, 4) is 11.1 Å². The SMILES string of the molecule is CCCc1ccc(-c2ccc(C3COC(CC)CO3)cc2)cc1. The zero-order chi connectivity index (χ0) is 16.1. The monoisotopic (exact) mass is 310 g/mol. The third-order valence-electron chi connectivity index (χ3n) is 4.53. The van der Waals surface area contributed by atoms with E-state index >= 15 is 0 Å². The fourth-order valence-corrected chi connectivity index (χ4v) is 3.01. The van der Waals surface area contributed by atoms with E-state index in [0.29, 0.717) is 13.2 Å². The van der Waals surface area contributed by atoms with Crippen LogP contribution in [0, 0.1) is 0 Å². The first-order chi connectivity index (χ1) is 11.3. The van der Waals surface area contributed by atoms with Crippen molar-refractivity contribution >= 4 is 0 Å². The van der Waals surface area contributed by atoms with Crippen molar-refractivity contribution in [1.29, 1.82) is 0 Å². The van der Waals surface area contributed by atoms with Crippen LogP contribution in [0.2, 0.25) is 0 Å². The highest BCUT2D eigenvalue weighted by Crippen LogP contribution is 2.27. The van der Waals surface area contributed by atoms with Crippen LogP contribution in [0.25, 0.3) is 11.1 Å². The molecule has 0 aliphatic carbocycles. The number of hydrogen-bond acceptors (Lipinski definition) is 2. The summed E-state index contributed by atoms with van der Waals surface area (Å²) in [4.78, 5) is 0. The topological polar surface area (TPSA) is 18.5 Å². The molecule has 1 aliphatic heterocycles. The summed E-state index contributed by atoms with van der Waals surface area (Å²) in [5.74, 6) is 0. The molecule has 2 aromatic rings. The highest BCUT2D eigenvalue weighted by molar-refractivity contribution is 5.64. The average Bonchev–Trinajstić information content (AvgIpc) is 2.63. The number of ether oxygens (including phenoxy) is 2. The van der Waals surface area contributed by atoms with Crippen LogP contribution in [-0.4, -0.2) is 19.3 Å². The van der Waals surface area contributed by atoms with Gasteiger partial charge in [-0.1, -0.05) is 68.8 Å². The summed E-state index contributed by atoms with van der Waals surface area (Å²) in [7, 11) is 0. The molecule has 0 amide bonds. The van der Waals surface area contributed by atoms with Crippen molar-refractivity contribution in [1.82, 2.24) is 0 Å². The molecule has 0 radical (unpaired) electrons. The number of rotatable bonds is 5. The summed E-state index contributed by atoms with van der Waals surface area (Å²) in [5, 5.41) is 0. The molecule has 2 unspecified atom stereocenters. The predicted octanol–water partition coefficient (Wildman–Crippen LogP) is 5.17. The summed E-state index contributed by atoms with van der Waals surface area (Å²) in [6, 6.07) is 17.6. The first kappa shape index (κ1) is 16.2. The lowest BCUT2D eigenvalue weighted by molar-refractivity contribution is -0.135. The minimum absolute atomic E-state index is 0.0683. The van der Waals surface area contributed by atoms with Gasteiger partial charge in [-0.3, -0.25) is 0 Å². The summed E-state index contributed by atoms with van der Waals surface area (Å²) in [5.41, 5.74) is 5.13. The average molecular weight is 310 g/mol. The first-order valence-electron chi connectivity index (χ1n) is 8.72. The maximum Gasteiger partial charge on any atom is 0.106 e. The Hall–Kier alpha value is -1.64. The molecule has 1 fully saturated rings. The van der Waals surface area contributed by atoms with Crippen molar-refractivity contribution in [2.24, 2.45) is 0 Å². The Labute approximate surface area is 139 Å². The van der Waals surface area contributed by atoms with Gasteiger partial charge in [0.15, 0.2) is 0 Å². The zero-order valence-electron chi connectivity index (χ0n) is 14.1. The second-order valence-electron chi connectivity index (χ2n) is 6.25. The summed E-state index contributed by atoms with van der Waals surface area (Å²) < 4.78 is 11.8. The van der Waals surface area contributed by atoms with E-state index in [0.717, 1.165) is 12.8 Å². The van der Waals surface area contributed by atoms with Crippen molar-refractivity contribution in [2.75, 3.05) is 13.2 Å². The quantitative estimate of drug-likeness (QED) is 0.758. The number of benzene rings is 2. The van der Waals surface area contributed by atoms with E-state index in [1.165, 1.54) is 28.7 Å². The van der Waals surface area contributed by atoms with Gasteiger partial charge in [0.1, 0.15) is 6.10 Å². The lowest BCUT2D eigenvalue weighted by Crippen LogP contribution is -2.30. The number of aryl methyl sites for hydroxylation is 1. The molecule has 2 nitrogen and oxygen atoms in total. The summed E-state index contributed by atoms with van der Waals surface area (Å²) in [6.45, 7) is 5.70. The van der Waals surface area contributed by atoms with Crippen LogP contribution in [0.4, 0.5) is 0 Å². The number of hydrogen-bond donors (Lipinski definition) is 0. The fraction of sp³-hybridized carbons (Fsp3) is 0.429. The van der Waals surface area contributed by atoms with Gasteiger partial charge in [0.2, 0.25) is 0 Å². The molecule has 3 rings (SSSR count). The van der Waals surface area contributed by atoms with Crippen LogP contribution < -0.4 is 0 Å². The van der Waals surface area contributed by atoms with E-state index < -0.39 is 0 Å². The smallest absolute Gasteiger partial charge is 0.106 e. The Morgan fingerprint density at radius 1 is 0.826 bits per heavy atom. The molecule has 0 aromatic heterocycles. The molecule has 0 N–H and O–H groups in total. The van der Waals surface area contributed by atoms with Crippen molar-refractivity contribution < 1.29 is 9.47 Å². The normalized spacial score (nSPS) is 21.3. The van der Waals surface area contributed by atoms with E-state index in [1.54, 1.807) is 0 Å². The highest BCUT2D eigenvalue weighted by atomic mass is 16.6. The van der Waals surface area contributed by atoms with E-state index in [9.17, 15) is 0 Å². The predicted molar refractivity (Wildman–Crippen MR) is 94.6 cm³/mol. The Morgan fingerprint density at radius 3 is 2.00 bits per heavy atom. The molecular formula is C21H26O2. The molecule has 1 saturated heterocycles. The lowest BCUT2D eigenvalue weighted by atomic mass is 10.00. The standard InChI is InChI=1S/C21H26O2/c1-3-5-16-6-8-17(9-7-16)18-10-12-19(13-11-18)21-15-22-20(4-2)14-23-21/h6-13,20-21H,3-5,14-15H2,1-2H3. The van der Waals surface area contributed by atoms with Crippen molar-refractivity contribution in [3.05, 3.63) is 59.7 Å². The van der Waals surface area contributed by atoms with Crippen LogP contribution in [-0.2, 0) is 15.9 Å². The van der Waals surface area contributed by atoms with E-state index in [1.807, 2.05) is 0 Å². The largest absolute Gasteiger partial charge is 0.373 e. The van der Waals surface area contributed by atoms with Gasteiger partial charge in [0.25, 0.3) is 0 Å². The van der Waals surface area contributed by atoms with Crippen LogP contribution >= 0.6 is 0 Å². The summed E-state index contributed by atoms with van der Waals surface area (Å²) in [6.07, 6.45) is 3.68. The van der Waals surface area contributed by atoms with Crippen molar-refractivity contribution in [2.45, 2.75) is 45.3 Å². The maximum absolute atomic E-state index is 5.93. The molecule has 1 aliphatic rings. The third kappa shape index (κ3) is 4.01. The molecule has 0 saturated carbocycles. The molecule has 1 heterocycles. The Morgan fingerprint density at radius 2 is 1.48 bits per heavy atom. The van der Waals surface area contributed by atoms with Gasteiger partial charge < -0.3 is 9.47 Å². The van der Waals surface area contributed by atoms with Crippen LogP contribution in [0.5, 0.6) is 0 Å². The van der Waals surface area contributed by atoms with Gasteiger partial charge in [-0.2, -0.15) is 0 Å². The molecule has 2 heteroatoms. The van der Waals surface area contributed by atoms with Gasteiger partial charge in [-0.05, 0) is 35.1 Å². The molecular weight excluding hydrogens is 284 g/mol. The van der Waals surface area contributed by atoms with E-state index in [2.05, 4.69) is 62.4 Å². The van der Waals surface area contributed by atoms with Crippen LogP contribution in [0.3, 0.4) is 0 Å². The molecule has 122 valence electrons. The molecule has 0 spiro atoms. The van der Waals surface area contributed by atoms with E-state index in [4.69, 9.17) is 9.47 Å². The molecule has 2 atom stereocenters. The van der Waals surface area contributed by atoms with E-state index in [-0.39, 0.29) is 12.2 Å². The van der Waals surface area contributed by atoms with Gasteiger partial charge in [-0.15, -0.1) is 0 Å². The second kappa shape index (κ2) is 7.76. The lowest BCUT2D eigenvalue weighted by Gasteiger charge is -2.29. The van der Waals surface area contributed by atoms with Crippen LogP contribution in [0.1, 0.15) is 43.9 Å². The minimum Gasteiger partial charge on any atom is -0.373 e. The van der Waals surface area contributed by atoms with Gasteiger partial charge in [0, 0.05) is 0 Å².